The smallest absolute Gasteiger partial charge is 0.296 e. The van der Waals surface area contributed by atoms with Crippen LogP contribution >= 0.6 is 0 Å². The Bertz CT molecular complexity index is 5590. The molecule has 24 heteroatoms. The number of hydrogen-bond donors (Lipinski definition) is 0. The van der Waals surface area contributed by atoms with Crippen LogP contribution in [0.15, 0.2) is 155 Å². The summed E-state index contributed by atoms with van der Waals surface area (Å²) < 4.78 is 59.2. The molecule has 0 radical (unpaired) electrons. The molecule has 0 saturated carbocycles. The summed E-state index contributed by atoms with van der Waals surface area (Å²) in [4.78, 5) is 120. The van der Waals surface area contributed by atoms with Gasteiger partial charge in [-0.2, -0.15) is 8.42 Å². The van der Waals surface area contributed by atoms with Gasteiger partial charge in [-0.3, -0.25) is 62.1 Å². The summed E-state index contributed by atoms with van der Waals surface area (Å²) in [6, 6.07) is 42.7. The van der Waals surface area contributed by atoms with Crippen molar-refractivity contribution in [3.63, 3.8) is 0 Å². The van der Waals surface area contributed by atoms with Crippen molar-refractivity contribution in [3.8, 4) is 0 Å². The van der Waals surface area contributed by atoms with Gasteiger partial charge in [-0.05, 0) is 205 Å². The third-order valence-electron chi connectivity index (χ3n) is 24.3. The molecule has 0 aromatic heterocycles. The third-order valence-corrected chi connectivity index (χ3v) is 26.4. The highest BCUT2D eigenvalue weighted by Gasteiger charge is 2.41. The van der Waals surface area contributed by atoms with Gasteiger partial charge in [0.15, 0.2) is 0 Å². The monoisotopic (exact) mass is 1560 g/mol. The molecular weight excluding hydrogens is 1470 g/mol. The number of likely N-dealkylation sites (N-methyl/N-ethyl adjacent to an activating group) is 4. The van der Waals surface area contributed by atoms with Crippen LogP contribution in [0.3, 0.4) is 0 Å². The maximum atomic E-state index is 13.9. The second-order valence-corrected chi connectivity index (χ2v) is 33.1. The Kier molecular flexibility index (Phi) is 22.4. The molecule has 0 aliphatic carbocycles. The van der Waals surface area contributed by atoms with E-state index in [0.717, 1.165) is 144 Å². The van der Waals surface area contributed by atoms with Gasteiger partial charge in [0.25, 0.3) is 57.4 Å². The lowest BCUT2D eigenvalue weighted by Crippen LogP contribution is -2.51. The molecule has 586 valence electrons. The fourth-order valence-electron chi connectivity index (χ4n) is 16.4. The van der Waals surface area contributed by atoms with Gasteiger partial charge in [-0.1, -0.05) is 112 Å². The maximum Gasteiger partial charge on any atom is 0.296 e. The predicted molar refractivity (Wildman–Crippen MR) is 441 cm³/mol. The number of fused-ring (bicyclic) bond motifs is 4. The summed E-state index contributed by atoms with van der Waals surface area (Å²) in [5.41, 5.74) is 6.22. The average Bonchev–Trinajstić information content (AvgIpc) is 0.695. The lowest BCUT2D eigenvalue weighted by molar-refractivity contribution is -0.905. The van der Waals surface area contributed by atoms with Crippen molar-refractivity contribution in [2.24, 2.45) is 0 Å². The molecule has 12 aromatic carbocycles. The number of hydrogen-bond acceptors (Lipinski definition) is 16. The molecule has 16 rings (SSSR count). The molecule has 0 N–H and O–H groups in total. The summed E-state index contributed by atoms with van der Waals surface area (Å²) in [7, 11) is -2.33. The molecule has 0 spiro atoms. The first-order chi connectivity index (χ1) is 53.9. The lowest BCUT2D eigenvalue weighted by Gasteiger charge is -2.35. The predicted octanol–water partition coefficient (Wildman–Crippen LogP) is 13.7. The van der Waals surface area contributed by atoms with Crippen LogP contribution in [-0.4, -0.2) is 233 Å². The summed E-state index contributed by atoms with van der Waals surface area (Å²) in [6.45, 7) is 31.7. The first-order valence-electron chi connectivity index (χ1n) is 38.8. The quantitative estimate of drug-likeness (QED) is 0.0144. The molecule has 22 nitrogen and oxygen atoms in total. The van der Waals surface area contributed by atoms with Crippen LogP contribution < -0.4 is 0 Å². The number of carbonyl (C=O) groups is 8. The zero-order valence-corrected chi connectivity index (χ0v) is 67.9. The largest absolute Gasteiger partial charge is 0.744 e. The topological polar surface area (TPSA) is 257 Å². The van der Waals surface area contributed by atoms with Gasteiger partial charge >= 0.3 is 0 Å². The molecule has 0 bridgehead atoms. The fourth-order valence-corrected chi connectivity index (χ4v) is 17.5. The second kappa shape index (κ2) is 31.4. The van der Waals surface area contributed by atoms with Crippen LogP contribution in [0.4, 0.5) is 0 Å². The molecule has 4 aliphatic rings. The molecule has 0 atom stereocenters. The number of imide groups is 4. The molecule has 4 heterocycles. The van der Waals surface area contributed by atoms with Crippen molar-refractivity contribution in [2.45, 2.75) is 79.0 Å². The SMILES string of the molecule is CCN(CC)CCN1C(=O)c2ccc3c4ccc5c6c(ccc(c7ccc(c2c37)C1=O)c64)C(=O)N(CCN(CC)CC)C5=O.CC[N+](C)(CC)CCN1C(=O)c2ccc3c4ccc5c6c(ccc(c7ccc(c2c37)C1=O)c64)C(=O)N(CC[N+](C)(CC)CC)C5=O.COS(=O)(=O)c1ccc(C)cc1.Cc1ccc(S(=O)(=O)[O-])cc1. The molecule has 0 unspecified atom stereocenters. The van der Waals surface area contributed by atoms with Crippen molar-refractivity contribution in [2.75, 3.05) is 126 Å². The van der Waals surface area contributed by atoms with Crippen molar-refractivity contribution in [1.82, 2.24) is 29.4 Å². The van der Waals surface area contributed by atoms with Crippen LogP contribution in [-0.2, 0) is 24.4 Å². The summed E-state index contributed by atoms with van der Waals surface area (Å²) in [5.74, 6) is -2.10. The Labute approximate surface area is 658 Å². The van der Waals surface area contributed by atoms with E-state index in [1.165, 1.54) is 43.9 Å². The summed E-state index contributed by atoms with van der Waals surface area (Å²) in [6.07, 6.45) is 0. The third kappa shape index (κ3) is 14.1. The van der Waals surface area contributed by atoms with E-state index < -0.39 is 20.2 Å². The van der Waals surface area contributed by atoms with Gasteiger partial charge in [0.2, 0.25) is 0 Å². The molecule has 0 saturated heterocycles. The first kappa shape index (κ1) is 80.5. The van der Waals surface area contributed by atoms with E-state index in [2.05, 4.69) is 83.5 Å². The maximum absolute atomic E-state index is 13.9. The number of quaternary nitrogens is 2. The Hall–Kier alpha value is -10.5. The number of nitrogens with zero attached hydrogens (tertiary/aromatic N) is 8. The van der Waals surface area contributed by atoms with Crippen molar-refractivity contribution >= 4 is 154 Å². The number of carbonyl (C=O) groups excluding carboxylic acids is 8. The molecule has 0 fully saturated rings. The fraction of sp³-hybridized carbons (Fsp3) is 0.326. The number of benzene rings is 12. The van der Waals surface area contributed by atoms with E-state index in [9.17, 15) is 59.7 Å². The van der Waals surface area contributed by atoms with Crippen LogP contribution in [0.25, 0.3) is 86.2 Å². The standard InChI is InChI=1S/C38H42N4O4.C36H36N4O4.C8H10O3S.C7H8O3S/c1-7-41(5,8-2)21-19-39-35(43)27-15-11-23-25-13-17-29-34-30(38(46)40(37(29)45)20-22-42(6,9-3)10-4)18-14-26(32(25)34)24-12-16-28(36(39)44)33(27)31(23)24;1-5-37(6-2)17-19-39-33(41)25-13-9-21-23-11-15-27-32-28(36(44)40(35(27)43)20-18-38(7-3)8-4)16-12-24(30(23)32)22-10-14-26(34(39)42)31(25)29(21)22;1-7-3-5-8(6-4-7)12(9,10)11-2;1-6-2-4-7(5-3-6)11(8,9)10/h11-18H,7-10,19-22H2,1-6H3;9-16H,5-8,17-20H2,1-4H3;3-6H,1-2H3;2-5H,1H3,(H,8,9,10)/q+2;;;/p-1. The van der Waals surface area contributed by atoms with E-state index in [1.807, 2.05) is 111 Å². The molecule has 113 heavy (non-hydrogen) atoms. The van der Waals surface area contributed by atoms with Crippen LogP contribution in [0.5, 0.6) is 0 Å². The lowest BCUT2D eigenvalue weighted by atomic mass is 9.82. The molecular formula is C89H95N8O14S2+. The minimum Gasteiger partial charge on any atom is -0.744 e. The van der Waals surface area contributed by atoms with Gasteiger partial charge < -0.3 is 23.3 Å². The molecule has 4 aliphatic heterocycles. The summed E-state index contributed by atoms with van der Waals surface area (Å²) in [5, 5.41) is 13.5. The normalized spacial score (nSPS) is 14.5. The van der Waals surface area contributed by atoms with E-state index >= 15 is 0 Å². The van der Waals surface area contributed by atoms with Crippen LogP contribution in [0.2, 0.25) is 0 Å². The highest BCUT2D eigenvalue weighted by atomic mass is 32.2. The van der Waals surface area contributed by atoms with Crippen molar-refractivity contribution < 1.29 is 72.9 Å². The van der Waals surface area contributed by atoms with Gasteiger partial charge in [-0.15, -0.1) is 0 Å². The average molecular weight is 1560 g/mol. The van der Waals surface area contributed by atoms with E-state index in [1.54, 1.807) is 24.3 Å². The van der Waals surface area contributed by atoms with Crippen LogP contribution in [0, 0.1) is 13.8 Å². The molecule has 12 aromatic rings. The Morgan fingerprint density at radius 2 is 0.531 bits per heavy atom. The highest BCUT2D eigenvalue weighted by molar-refractivity contribution is 7.86. The Balaban J connectivity index is 0.000000154. The number of amides is 8. The number of rotatable bonds is 23. The first-order valence-corrected chi connectivity index (χ1v) is 41.6. The second-order valence-electron chi connectivity index (χ2n) is 30.0. The van der Waals surface area contributed by atoms with Gasteiger partial charge in [-0.25, -0.2) is 8.42 Å². The Morgan fingerprint density at radius 1 is 0.319 bits per heavy atom. The highest BCUT2D eigenvalue weighted by Crippen LogP contribution is 2.49. The summed E-state index contributed by atoms with van der Waals surface area (Å²) >= 11 is 0. The van der Waals surface area contributed by atoms with Crippen molar-refractivity contribution in [3.05, 3.63) is 201 Å². The van der Waals surface area contributed by atoms with Crippen LogP contribution in [0.1, 0.15) is 149 Å². The minimum absolute atomic E-state index is 0.178. The van der Waals surface area contributed by atoms with Gasteiger partial charge in [0.05, 0.1) is 83.4 Å². The van der Waals surface area contributed by atoms with E-state index in [4.69, 9.17) is 0 Å². The molecule has 8 amide bonds. The zero-order chi connectivity index (χ0) is 81.2. The van der Waals surface area contributed by atoms with Gasteiger partial charge in [0.1, 0.15) is 10.1 Å². The minimum atomic E-state index is -4.27. The Morgan fingerprint density at radius 3 is 0.726 bits per heavy atom. The van der Waals surface area contributed by atoms with E-state index in [0.29, 0.717) is 118 Å². The van der Waals surface area contributed by atoms with Crippen molar-refractivity contribution in [1.29, 1.82) is 0 Å². The number of aryl methyl sites for hydroxylation is 2. The zero-order valence-electron chi connectivity index (χ0n) is 66.3. The van der Waals surface area contributed by atoms with E-state index in [-0.39, 0.29) is 57.0 Å². The van der Waals surface area contributed by atoms with Gasteiger partial charge in [0, 0.05) is 92.2 Å².